The van der Waals surface area contributed by atoms with E-state index in [4.69, 9.17) is 0 Å². The largest absolute Gasteiger partial charge is 0.345 e. The highest BCUT2D eigenvalue weighted by Crippen LogP contribution is 2.36. The maximum atomic E-state index is 15.0. The summed E-state index contributed by atoms with van der Waals surface area (Å²) in [5, 5.41) is 11.5. The molecule has 0 aromatic heterocycles. The number of nitrogens with one attached hydrogen (secondary N) is 3. The number of carbonyl (C=O) groups excluding carboxylic acids is 4. The molecule has 3 N–H and O–H groups in total. The van der Waals surface area contributed by atoms with E-state index in [2.05, 4.69) is 22.0 Å². The van der Waals surface area contributed by atoms with Crippen molar-refractivity contribution in [1.29, 1.82) is 0 Å². The van der Waals surface area contributed by atoms with E-state index in [0.717, 1.165) is 54.0 Å². The van der Waals surface area contributed by atoms with Crippen LogP contribution < -0.4 is 16.0 Å². The molecule has 9 nitrogen and oxygen atoms in total. The Kier molecular flexibility index (Phi) is 9.01. The Balaban J connectivity index is 1.41. The number of likely N-dealkylation sites (N-methyl/N-ethyl adjacent to an activating group) is 1. The van der Waals surface area contributed by atoms with E-state index in [0.29, 0.717) is 6.54 Å². The molecule has 4 atom stereocenters. The normalized spacial score (nSPS) is 23.6. The molecule has 3 fully saturated rings. The van der Waals surface area contributed by atoms with Gasteiger partial charge in [0.15, 0.2) is 11.4 Å². The van der Waals surface area contributed by atoms with Crippen molar-refractivity contribution in [2.75, 3.05) is 20.1 Å². The lowest BCUT2D eigenvalue weighted by Crippen LogP contribution is -2.76. The molecule has 3 aliphatic rings. The summed E-state index contributed by atoms with van der Waals surface area (Å²) in [7, 11) is 1.71. The van der Waals surface area contributed by atoms with Gasteiger partial charge in [0.25, 0.3) is 0 Å². The zero-order chi connectivity index (χ0) is 31.6. The third kappa shape index (κ3) is 6.11. The van der Waals surface area contributed by atoms with Crippen LogP contribution >= 0.6 is 0 Å². The zero-order valence-electron chi connectivity index (χ0n) is 26.1. The van der Waals surface area contributed by atoms with Crippen LogP contribution in [0.2, 0.25) is 0 Å². The Morgan fingerprint density at radius 1 is 0.933 bits per heavy atom. The fraction of sp³-hybridized carbons (Fsp3) is 0.444. The first kappa shape index (κ1) is 30.9. The topological polar surface area (TPSA) is 111 Å². The Hall–Kier alpha value is -4.08. The lowest BCUT2D eigenvalue weighted by atomic mass is 9.78. The van der Waals surface area contributed by atoms with E-state index in [-0.39, 0.29) is 48.9 Å². The highest BCUT2D eigenvalue weighted by atomic mass is 16.2. The van der Waals surface area contributed by atoms with Gasteiger partial charge in [-0.3, -0.25) is 24.5 Å². The van der Waals surface area contributed by atoms with Gasteiger partial charge in [-0.2, -0.15) is 0 Å². The molecule has 3 aromatic rings. The first-order chi connectivity index (χ1) is 21.8. The molecule has 1 aliphatic carbocycles. The molecular weight excluding hydrogens is 566 g/mol. The highest BCUT2D eigenvalue weighted by molar-refractivity contribution is 6.04. The number of fused-ring (bicyclic) bond motifs is 2. The van der Waals surface area contributed by atoms with Crippen LogP contribution in [-0.2, 0) is 32.1 Å². The van der Waals surface area contributed by atoms with Gasteiger partial charge in [0.05, 0.1) is 25.2 Å². The Bertz CT molecular complexity index is 1570. The number of benzene rings is 3. The van der Waals surface area contributed by atoms with E-state index in [1.807, 2.05) is 66.7 Å². The van der Waals surface area contributed by atoms with Crippen molar-refractivity contribution in [3.05, 3.63) is 83.9 Å². The van der Waals surface area contributed by atoms with Crippen molar-refractivity contribution >= 4 is 34.3 Å². The van der Waals surface area contributed by atoms with E-state index in [1.54, 1.807) is 18.9 Å². The summed E-state index contributed by atoms with van der Waals surface area (Å²) < 4.78 is 0. The van der Waals surface area contributed by atoms with Crippen molar-refractivity contribution in [3.8, 4) is 0 Å². The van der Waals surface area contributed by atoms with Gasteiger partial charge in [0, 0.05) is 13.0 Å². The SMILES string of the molecule is CN[C@@H](C)C(=O)N[C@H](C(=O)[C@@]12CN(Cc3ccccc3)C(=O)[C@H](Cc3ccc4ccccc4c3)N1C(=O)CN2)C1CCCCC1. The minimum Gasteiger partial charge on any atom is -0.345 e. The molecule has 3 aromatic carbocycles. The fourth-order valence-electron chi connectivity index (χ4n) is 7.37. The minimum atomic E-state index is -1.46. The fourth-order valence-corrected chi connectivity index (χ4v) is 7.37. The summed E-state index contributed by atoms with van der Waals surface area (Å²) >= 11 is 0. The molecule has 6 rings (SSSR count). The van der Waals surface area contributed by atoms with Crippen LogP contribution in [0.3, 0.4) is 0 Å². The maximum Gasteiger partial charge on any atom is 0.246 e. The molecule has 2 aliphatic heterocycles. The van der Waals surface area contributed by atoms with Crippen molar-refractivity contribution in [1.82, 2.24) is 25.8 Å². The highest BCUT2D eigenvalue weighted by Gasteiger charge is 2.61. The second kappa shape index (κ2) is 13.1. The number of Topliss-reactive ketones (excluding diaryl/α,β-unsaturated/α-hetero) is 1. The molecule has 236 valence electrons. The minimum absolute atomic E-state index is 0.0141. The van der Waals surface area contributed by atoms with Gasteiger partial charge < -0.3 is 20.4 Å². The molecule has 2 heterocycles. The zero-order valence-corrected chi connectivity index (χ0v) is 26.1. The van der Waals surface area contributed by atoms with Gasteiger partial charge in [0.2, 0.25) is 17.7 Å². The molecule has 9 heteroatoms. The lowest BCUT2D eigenvalue weighted by Gasteiger charge is -2.51. The third-order valence-electron chi connectivity index (χ3n) is 9.93. The Morgan fingerprint density at radius 3 is 2.38 bits per heavy atom. The van der Waals surface area contributed by atoms with Crippen molar-refractivity contribution in [2.45, 2.75) is 75.8 Å². The second-order valence-corrected chi connectivity index (χ2v) is 12.8. The predicted octanol–water partition coefficient (Wildman–Crippen LogP) is 3.16. The number of amides is 3. The molecule has 0 radical (unpaired) electrons. The molecule has 0 spiro atoms. The number of rotatable bonds is 10. The van der Waals surface area contributed by atoms with Crippen molar-refractivity contribution in [2.24, 2.45) is 5.92 Å². The number of hydrogen-bond acceptors (Lipinski definition) is 6. The van der Waals surface area contributed by atoms with E-state index < -0.39 is 23.8 Å². The molecular formula is C36H43N5O4. The summed E-state index contributed by atoms with van der Waals surface area (Å²) in [5.41, 5.74) is 0.393. The van der Waals surface area contributed by atoms with Crippen LogP contribution in [-0.4, -0.2) is 77.2 Å². The molecule has 0 bridgehead atoms. The van der Waals surface area contributed by atoms with Gasteiger partial charge in [-0.1, -0.05) is 92.1 Å². The number of carbonyl (C=O) groups is 4. The van der Waals surface area contributed by atoms with Gasteiger partial charge in [-0.15, -0.1) is 0 Å². The van der Waals surface area contributed by atoms with Crippen LogP contribution in [0.1, 0.15) is 50.2 Å². The quantitative estimate of drug-likeness (QED) is 0.326. The molecule has 0 unspecified atom stereocenters. The van der Waals surface area contributed by atoms with Crippen LogP contribution in [0.4, 0.5) is 0 Å². The van der Waals surface area contributed by atoms with Crippen LogP contribution in [0, 0.1) is 5.92 Å². The Morgan fingerprint density at radius 2 is 1.64 bits per heavy atom. The summed E-state index contributed by atoms with van der Waals surface area (Å²) in [6, 6.07) is 21.7. The third-order valence-corrected chi connectivity index (χ3v) is 9.93. The number of piperazine rings is 1. The average molecular weight is 610 g/mol. The summed E-state index contributed by atoms with van der Waals surface area (Å²) in [6.07, 6.45) is 4.98. The number of hydrogen-bond donors (Lipinski definition) is 3. The number of ketones is 1. The molecule has 3 amide bonds. The summed E-state index contributed by atoms with van der Waals surface area (Å²) in [4.78, 5) is 59.6. The smallest absolute Gasteiger partial charge is 0.246 e. The Labute approximate surface area is 264 Å². The van der Waals surface area contributed by atoms with Gasteiger partial charge in [-0.05, 0) is 54.6 Å². The lowest BCUT2D eigenvalue weighted by molar-refractivity contribution is -0.166. The van der Waals surface area contributed by atoms with Crippen LogP contribution in [0.5, 0.6) is 0 Å². The summed E-state index contributed by atoms with van der Waals surface area (Å²) in [6.45, 7) is 2.04. The maximum absolute atomic E-state index is 15.0. The first-order valence-electron chi connectivity index (χ1n) is 16.2. The molecule has 2 saturated heterocycles. The number of nitrogens with zero attached hydrogens (tertiary/aromatic N) is 2. The summed E-state index contributed by atoms with van der Waals surface area (Å²) in [5.74, 6) is -1.01. The van der Waals surface area contributed by atoms with Crippen molar-refractivity contribution in [3.63, 3.8) is 0 Å². The first-order valence-corrected chi connectivity index (χ1v) is 16.2. The standard InChI is InChI=1S/C36H43N5O4/c1-24(37-2)34(44)39-32(28-14-7-4-8-15-28)33(43)36-23-40(22-25-11-5-3-6-12-25)35(45)30(41(36)31(42)21-38-36)20-26-17-18-27-13-9-10-16-29(27)19-26/h3,5-6,9-13,16-19,24,28,30,32,37-38H,4,7-8,14-15,20-23H2,1-2H3,(H,39,44)/t24-,30-,32-,36+/m0/s1. The van der Waals surface area contributed by atoms with E-state index in [9.17, 15) is 14.4 Å². The van der Waals surface area contributed by atoms with Gasteiger partial charge in [-0.25, -0.2) is 0 Å². The van der Waals surface area contributed by atoms with Gasteiger partial charge in [0.1, 0.15) is 6.04 Å². The average Bonchev–Trinajstić information content (AvgIpc) is 3.42. The van der Waals surface area contributed by atoms with Gasteiger partial charge >= 0.3 is 0 Å². The van der Waals surface area contributed by atoms with E-state index >= 15 is 4.79 Å². The predicted molar refractivity (Wildman–Crippen MR) is 173 cm³/mol. The van der Waals surface area contributed by atoms with Crippen LogP contribution in [0.25, 0.3) is 10.8 Å². The van der Waals surface area contributed by atoms with E-state index in [1.165, 1.54) is 4.90 Å². The van der Waals surface area contributed by atoms with Crippen LogP contribution in [0.15, 0.2) is 72.8 Å². The molecule has 45 heavy (non-hydrogen) atoms. The monoisotopic (exact) mass is 609 g/mol. The van der Waals surface area contributed by atoms with Crippen molar-refractivity contribution < 1.29 is 19.2 Å². The second-order valence-electron chi connectivity index (χ2n) is 12.8. The molecule has 1 saturated carbocycles.